The molecule has 0 bridgehead atoms. The van der Waals surface area contributed by atoms with Crippen LogP contribution in [0.25, 0.3) is 0 Å². The number of aliphatic carboxylic acids is 1. The van der Waals surface area contributed by atoms with Crippen molar-refractivity contribution in [1.82, 2.24) is 0 Å². The number of carboxylic acids is 1. The summed E-state index contributed by atoms with van der Waals surface area (Å²) in [5.74, 6) is -1.49. The van der Waals surface area contributed by atoms with Gasteiger partial charge < -0.3 is 0 Å². The summed E-state index contributed by atoms with van der Waals surface area (Å²) in [6, 6.07) is -1.29. The van der Waals surface area contributed by atoms with Crippen LogP contribution < -0.4 is 10.8 Å². The predicted octanol–water partition coefficient (Wildman–Crippen LogP) is -3.19. The van der Waals surface area contributed by atoms with E-state index in [4.69, 9.17) is 13.9 Å². The minimum atomic E-state index is -4.69. The first-order valence-corrected chi connectivity index (χ1v) is 6.61. The van der Waals surface area contributed by atoms with Gasteiger partial charge in [-0.1, -0.05) is 0 Å². The Morgan fingerprint density at radius 2 is 2.09 bits per heavy atom. The monoisotopic (exact) mass is 226 g/mol. The van der Waals surface area contributed by atoms with Crippen molar-refractivity contribution in [3.8, 4) is 0 Å². The van der Waals surface area contributed by atoms with E-state index in [-0.39, 0.29) is 6.42 Å². The van der Waals surface area contributed by atoms with E-state index in [0.717, 1.165) is 0 Å². The molecule has 0 aromatic carbocycles. The van der Waals surface area contributed by atoms with Gasteiger partial charge in [-0.05, 0) is 0 Å². The zero-order valence-electron chi connectivity index (χ0n) is 5.64. The molecule has 0 radical (unpaired) electrons. The average Bonchev–Trinajstić information content (AvgIpc) is 1.80. The molecule has 7 heteroatoms. The number of nitrogens with two attached hydrogens (primary N) is 1. The Kier molecular flexibility index (Phi) is 3.81. The molecule has 66 valence electrons. The van der Waals surface area contributed by atoms with Crippen LogP contribution in [0.1, 0.15) is 6.42 Å². The molecule has 6 nitrogen and oxygen atoms in total. The second-order valence-corrected chi connectivity index (χ2v) is 5.83. The normalized spacial score (nSPS) is 14.5. The fourth-order valence-electron chi connectivity index (χ4n) is 0.425. The number of carbonyl (C=O) groups excluding carboxylic acids is 1. The van der Waals surface area contributed by atoms with Gasteiger partial charge in [0.25, 0.3) is 0 Å². The first kappa shape index (κ1) is 10.7. The van der Waals surface area contributed by atoms with Crippen molar-refractivity contribution in [3.05, 3.63) is 0 Å². The van der Waals surface area contributed by atoms with Crippen molar-refractivity contribution >= 4 is 20.1 Å². The topological polar surface area (TPSA) is 124 Å². The Balaban J connectivity index is 3.72. The van der Waals surface area contributed by atoms with Gasteiger partial charge in [0.15, 0.2) is 0 Å². The summed E-state index contributed by atoms with van der Waals surface area (Å²) in [4.78, 5) is 9.93. The SMILES string of the molecule is NC(CC[As](=O)(O)O)C(=O)[O-]. The predicted molar refractivity (Wildman–Crippen MR) is 33.3 cm³/mol. The van der Waals surface area contributed by atoms with Crippen molar-refractivity contribution < 1.29 is 21.8 Å². The van der Waals surface area contributed by atoms with Crippen LogP contribution in [0.3, 0.4) is 0 Å². The average molecular weight is 226 g/mol. The molecule has 0 rings (SSSR count). The van der Waals surface area contributed by atoms with E-state index in [1.54, 1.807) is 0 Å². The van der Waals surface area contributed by atoms with Gasteiger partial charge in [0, 0.05) is 0 Å². The summed E-state index contributed by atoms with van der Waals surface area (Å²) in [6.07, 6.45) is -0.244. The maximum atomic E-state index is 10.2. The standard InChI is InChI=1S/C4H10AsNO5/c6-3(4(7)8)1-2-5(9,10)11/h3H,1-2,6H2,(H,7,8)(H2,9,10,11)/p-1. The fraction of sp³-hybridized carbons (Fsp3) is 0.750. The van der Waals surface area contributed by atoms with E-state index in [1.807, 2.05) is 0 Å². The molecule has 0 fully saturated rings. The molecule has 11 heavy (non-hydrogen) atoms. The van der Waals surface area contributed by atoms with E-state index in [0.29, 0.717) is 0 Å². The number of hydrogen-bond acceptors (Lipinski definition) is 4. The zero-order valence-corrected chi connectivity index (χ0v) is 7.51. The molecule has 1 unspecified atom stereocenters. The fourth-order valence-corrected chi connectivity index (χ4v) is 1.71. The molecule has 4 N–H and O–H groups in total. The van der Waals surface area contributed by atoms with Crippen molar-refractivity contribution in [2.45, 2.75) is 17.7 Å². The third-order valence-corrected chi connectivity index (χ3v) is 2.80. The molecular weight excluding hydrogens is 217 g/mol. The molecule has 0 aliphatic carbocycles. The summed E-state index contributed by atoms with van der Waals surface area (Å²) in [5, 5.41) is 9.47. The Bertz CT molecular complexity index is 187. The molecule has 0 amide bonds. The second kappa shape index (κ2) is 3.92. The third-order valence-electron chi connectivity index (χ3n) is 1.03. The molecule has 0 spiro atoms. The Hall–Kier alpha value is -0.292. The van der Waals surface area contributed by atoms with Crippen LogP contribution in [0, 0.1) is 0 Å². The van der Waals surface area contributed by atoms with Gasteiger partial charge in [0.2, 0.25) is 0 Å². The van der Waals surface area contributed by atoms with E-state index < -0.39 is 31.4 Å². The summed E-state index contributed by atoms with van der Waals surface area (Å²) < 4.78 is 26.9. The number of rotatable bonds is 4. The van der Waals surface area contributed by atoms with Crippen molar-refractivity contribution in [1.29, 1.82) is 0 Å². The quantitative estimate of drug-likeness (QED) is 0.434. The van der Waals surface area contributed by atoms with Crippen LogP contribution in [0.5, 0.6) is 0 Å². The summed E-state index contributed by atoms with van der Waals surface area (Å²) in [7, 11) is 0. The molecular formula is C4H9AsNO5-. The van der Waals surface area contributed by atoms with E-state index in [9.17, 15) is 13.6 Å². The molecule has 0 aliphatic heterocycles. The molecule has 0 aromatic heterocycles. The first-order chi connectivity index (χ1) is 4.83. The molecule has 0 saturated carbocycles. The Morgan fingerprint density at radius 1 is 1.64 bits per heavy atom. The molecule has 0 heterocycles. The van der Waals surface area contributed by atoms with Gasteiger partial charge in [-0.2, -0.15) is 0 Å². The Morgan fingerprint density at radius 3 is 2.36 bits per heavy atom. The molecule has 0 aliphatic rings. The summed E-state index contributed by atoms with van der Waals surface area (Å²) in [5.41, 5.74) is 4.93. The minimum absolute atomic E-state index is 0.244. The molecule has 0 saturated heterocycles. The van der Waals surface area contributed by atoms with Gasteiger partial charge >= 0.3 is 65.4 Å². The number of carbonyl (C=O) groups is 1. The van der Waals surface area contributed by atoms with Crippen LogP contribution in [0.2, 0.25) is 5.21 Å². The second-order valence-electron chi connectivity index (χ2n) is 2.10. The van der Waals surface area contributed by atoms with Gasteiger partial charge in [-0.25, -0.2) is 0 Å². The van der Waals surface area contributed by atoms with Gasteiger partial charge in [0.1, 0.15) is 0 Å². The van der Waals surface area contributed by atoms with Crippen LogP contribution in [0.4, 0.5) is 0 Å². The van der Waals surface area contributed by atoms with E-state index >= 15 is 0 Å². The van der Waals surface area contributed by atoms with Crippen molar-refractivity contribution in [2.24, 2.45) is 5.73 Å². The van der Waals surface area contributed by atoms with Crippen molar-refractivity contribution in [3.63, 3.8) is 0 Å². The van der Waals surface area contributed by atoms with Crippen LogP contribution in [-0.2, 0) is 8.53 Å². The maximum absolute atomic E-state index is 10.2. The van der Waals surface area contributed by atoms with Crippen LogP contribution in [0.15, 0.2) is 0 Å². The number of carboxylic acid groups (broad SMARTS) is 1. The first-order valence-electron chi connectivity index (χ1n) is 2.84. The summed E-state index contributed by atoms with van der Waals surface area (Å²) >= 11 is -4.69. The molecule has 1 atom stereocenters. The zero-order chi connectivity index (χ0) is 9.07. The number of hydrogen-bond donors (Lipinski definition) is 3. The van der Waals surface area contributed by atoms with Gasteiger partial charge in [0.05, 0.1) is 0 Å². The summed E-state index contributed by atoms with van der Waals surface area (Å²) in [6.45, 7) is 0. The van der Waals surface area contributed by atoms with Gasteiger partial charge in [-0.15, -0.1) is 0 Å². The molecule has 0 aromatic rings. The van der Waals surface area contributed by atoms with Crippen LogP contribution >= 0.6 is 0 Å². The van der Waals surface area contributed by atoms with Crippen molar-refractivity contribution in [2.75, 3.05) is 0 Å². The van der Waals surface area contributed by atoms with E-state index in [2.05, 4.69) is 0 Å². The Labute approximate surface area is 66.0 Å². The van der Waals surface area contributed by atoms with Gasteiger partial charge in [-0.3, -0.25) is 0 Å². The van der Waals surface area contributed by atoms with E-state index in [1.165, 1.54) is 0 Å². The third kappa shape index (κ3) is 6.12. The van der Waals surface area contributed by atoms with Crippen LogP contribution in [-0.4, -0.2) is 34.4 Å².